The van der Waals surface area contributed by atoms with E-state index in [4.69, 9.17) is 16.3 Å². The van der Waals surface area contributed by atoms with Crippen molar-refractivity contribution in [1.82, 2.24) is 9.88 Å². The summed E-state index contributed by atoms with van der Waals surface area (Å²) < 4.78 is 5.10. The topological polar surface area (TPSA) is 71.5 Å². The van der Waals surface area contributed by atoms with Gasteiger partial charge in [-0.15, -0.1) is 0 Å². The number of benzene rings is 1. The van der Waals surface area contributed by atoms with E-state index in [0.29, 0.717) is 27.9 Å². The number of nitrogens with zero attached hydrogens (tertiary/aromatic N) is 2. The molecular weight excluding hydrogens is 366 g/mol. The minimum absolute atomic E-state index is 0.135. The Kier molecular flexibility index (Phi) is 5.96. The monoisotopic (exact) mass is 387 g/mol. The number of carbonyl (C=O) groups excluding carboxylic acids is 2. The molecule has 3 rings (SSSR count). The van der Waals surface area contributed by atoms with E-state index in [9.17, 15) is 9.59 Å². The van der Waals surface area contributed by atoms with Crippen LogP contribution in [0.15, 0.2) is 36.5 Å². The van der Waals surface area contributed by atoms with Crippen molar-refractivity contribution in [3.63, 3.8) is 0 Å². The number of pyridine rings is 1. The van der Waals surface area contributed by atoms with Gasteiger partial charge in [0, 0.05) is 30.5 Å². The minimum Gasteiger partial charge on any atom is -0.495 e. The van der Waals surface area contributed by atoms with E-state index in [1.54, 1.807) is 29.2 Å². The number of methoxy groups -OCH3 is 1. The summed E-state index contributed by atoms with van der Waals surface area (Å²) in [6.45, 7) is 3.59. The number of nitrogens with one attached hydrogen (secondary N) is 1. The number of amides is 2. The van der Waals surface area contributed by atoms with E-state index in [-0.39, 0.29) is 17.5 Å². The first-order chi connectivity index (χ1) is 13.0. The molecule has 1 N–H and O–H groups in total. The first kappa shape index (κ1) is 19.2. The fourth-order valence-electron chi connectivity index (χ4n) is 3.17. The van der Waals surface area contributed by atoms with Crippen LogP contribution in [0.1, 0.15) is 40.6 Å². The molecule has 0 radical (unpaired) electrons. The van der Waals surface area contributed by atoms with Crippen LogP contribution in [0.3, 0.4) is 0 Å². The van der Waals surface area contributed by atoms with E-state index in [1.807, 2.05) is 0 Å². The predicted octanol–water partition coefficient (Wildman–Crippen LogP) is 3.87. The van der Waals surface area contributed by atoms with Gasteiger partial charge < -0.3 is 15.0 Å². The molecule has 1 atom stereocenters. The molecule has 1 aromatic carbocycles. The lowest BCUT2D eigenvalue weighted by molar-refractivity contribution is 0.0677. The number of aromatic nitrogens is 1. The van der Waals surface area contributed by atoms with E-state index in [1.165, 1.54) is 19.4 Å². The summed E-state index contributed by atoms with van der Waals surface area (Å²) in [5, 5.41) is 3.17. The Morgan fingerprint density at radius 1 is 1.30 bits per heavy atom. The van der Waals surface area contributed by atoms with Crippen LogP contribution in [0.4, 0.5) is 5.69 Å². The summed E-state index contributed by atoms with van der Waals surface area (Å²) in [5.74, 6) is 0.541. The van der Waals surface area contributed by atoms with Crippen LogP contribution in [-0.2, 0) is 0 Å². The molecular formula is C20H22ClN3O3. The number of anilines is 1. The van der Waals surface area contributed by atoms with Gasteiger partial charge in [-0.3, -0.25) is 14.6 Å². The standard InChI is InChI=1S/C20H22ClN3O3/c1-13-4-3-9-24(12-13)20(26)17-10-14(7-8-22-17)19(25)23-15-5-6-18(27-2)16(21)11-15/h5-8,10-11,13H,3-4,9,12H2,1-2H3,(H,23,25). The maximum Gasteiger partial charge on any atom is 0.272 e. The first-order valence-corrected chi connectivity index (χ1v) is 9.26. The smallest absolute Gasteiger partial charge is 0.272 e. The maximum absolute atomic E-state index is 12.7. The average Bonchev–Trinajstić information content (AvgIpc) is 2.67. The zero-order valence-electron chi connectivity index (χ0n) is 15.4. The van der Waals surface area contributed by atoms with Gasteiger partial charge in [-0.1, -0.05) is 18.5 Å². The van der Waals surface area contributed by atoms with Gasteiger partial charge in [0.05, 0.1) is 12.1 Å². The lowest BCUT2D eigenvalue weighted by Gasteiger charge is -2.30. The van der Waals surface area contributed by atoms with Crippen molar-refractivity contribution in [3.8, 4) is 5.75 Å². The SMILES string of the molecule is COc1ccc(NC(=O)c2ccnc(C(=O)N3CCCC(C)C3)c2)cc1Cl. The lowest BCUT2D eigenvalue weighted by Crippen LogP contribution is -2.39. The summed E-state index contributed by atoms with van der Waals surface area (Å²) in [7, 11) is 1.53. The highest BCUT2D eigenvalue weighted by Crippen LogP contribution is 2.27. The molecule has 6 nitrogen and oxygen atoms in total. The molecule has 0 saturated carbocycles. The van der Waals surface area contributed by atoms with Gasteiger partial charge in [-0.05, 0) is 49.1 Å². The quantitative estimate of drug-likeness (QED) is 0.864. The van der Waals surface area contributed by atoms with E-state index in [2.05, 4.69) is 17.2 Å². The second-order valence-electron chi connectivity index (χ2n) is 6.73. The first-order valence-electron chi connectivity index (χ1n) is 8.88. The Bertz CT molecular complexity index is 856. The predicted molar refractivity (Wildman–Crippen MR) is 104 cm³/mol. The number of hydrogen-bond acceptors (Lipinski definition) is 4. The molecule has 2 aromatic rings. The maximum atomic E-state index is 12.7. The Morgan fingerprint density at radius 3 is 2.81 bits per heavy atom. The lowest BCUT2D eigenvalue weighted by atomic mass is 10.00. The Hall–Kier alpha value is -2.60. The number of piperidine rings is 1. The summed E-state index contributed by atoms with van der Waals surface area (Å²) in [6.07, 6.45) is 3.60. The molecule has 0 aliphatic carbocycles. The van der Waals surface area contributed by atoms with Crippen molar-refractivity contribution >= 4 is 29.1 Å². The average molecular weight is 388 g/mol. The highest BCUT2D eigenvalue weighted by atomic mass is 35.5. The van der Waals surface area contributed by atoms with Crippen LogP contribution in [-0.4, -0.2) is 41.9 Å². The third-order valence-electron chi connectivity index (χ3n) is 4.60. The van der Waals surface area contributed by atoms with Crippen LogP contribution in [0.25, 0.3) is 0 Å². The zero-order valence-corrected chi connectivity index (χ0v) is 16.1. The van der Waals surface area contributed by atoms with Gasteiger partial charge in [-0.2, -0.15) is 0 Å². The highest BCUT2D eigenvalue weighted by Gasteiger charge is 2.23. The summed E-state index contributed by atoms with van der Waals surface area (Å²) >= 11 is 6.09. The largest absolute Gasteiger partial charge is 0.495 e. The molecule has 27 heavy (non-hydrogen) atoms. The van der Waals surface area contributed by atoms with Gasteiger partial charge in [0.2, 0.25) is 0 Å². The Morgan fingerprint density at radius 2 is 2.11 bits per heavy atom. The van der Waals surface area contributed by atoms with Crippen molar-refractivity contribution in [2.45, 2.75) is 19.8 Å². The van der Waals surface area contributed by atoms with E-state index in [0.717, 1.165) is 25.9 Å². The molecule has 0 bridgehead atoms. The summed E-state index contributed by atoms with van der Waals surface area (Å²) in [4.78, 5) is 31.2. The number of ether oxygens (including phenoxy) is 1. The number of hydrogen-bond donors (Lipinski definition) is 1. The molecule has 7 heteroatoms. The minimum atomic E-state index is -0.334. The number of rotatable bonds is 4. The molecule has 1 aliphatic heterocycles. The molecule has 2 heterocycles. The molecule has 0 spiro atoms. The van der Waals surface area contributed by atoms with E-state index >= 15 is 0 Å². The van der Waals surface area contributed by atoms with Crippen molar-refractivity contribution in [2.24, 2.45) is 5.92 Å². The van der Waals surface area contributed by atoms with Crippen molar-refractivity contribution in [2.75, 3.05) is 25.5 Å². The van der Waals surface area contributed by atoms with Gasteiger partial charge >= 0.3 is 0 Å². The van der Waals surface area contributed by atoms with Crippen molar-refractivity contribution < 1.29 is 14.3 Å². The van der Waals surface area contributed by atoms with Crippen LogP contribution >= 0.6 is 11.6 Å². The second kappa shape index (κ2) is 8.39. The molecule has 1 aliphatic rings. The molecule has 1 saturated heterocycles. The third kappa shape index (κ3) is 4.57. The van der Waals surface area contributed by atoms with Crippen molar-refractivity contribution in [3.05, 3.63) is 52.8 Å². The van der Waals surface area contributed by atoms with Crippen LogP contribution in [0.5, 0.6) is 5.75 Å². The fraction of sp³-hybridized carbons (Fsp3) is 0.350. The van der Waals surface area contributed by atoms with Gasteiger partial charge in [-0.25, -0.2) is 0 Å². The highest BCUT2D eigenvalue weighted by molar-refractivity contribution is 6.32. The van der Waals surface area contributed by atoms with Gasteiger partial charge in [0.25, 0.3) is 11.8 Å². The number of carbonyl (C=O) groups is 2. The van der Waals surface area contributed by atoms with Crippen molar-refractivity contribution in [1.29, 1.82) is 0 Å². The molecule has 1 aromatic heterocycles. The fourth-order valence-corrected chi connectivity index (χ4v) is 3.43. The van der Waals surface area contributed by atoms with Gasteiger partial charge in [0.1, 0.15) is 11.4 Å². The third-order valence-corrected chi connectivity index (χ3v) is 4.89. The van der Waals surface area contributed by atoms with Crippen LogP contribution < -0.4 is 10.1 Å². The normalized spacial score (nSPS) is 16.7. The number of likely N-dealkylation sites (tertiary alicyclic amines) is 1. The Balaban J connectivity index is 1.73. The zero-order chi connectivity index (χ0) is 19.4. The van der Waals surface area contributed by atoms with Gasteiger partial charge in [0.15, 0.2) is 0 Å². The molecule has 142 valence electrons. The number of halogens is 1. The molecule has 1 unspecified atom stereocenters. The van der Waals surface area contributed by atoms with Crippen LogP contribution in [0, 0.1) is 5.92 Å². The second-order valence-corrected chi connectivity index (χ2v) is 7.14. The molecule has 2 amide bonds. The molecule has 1 fully saturated rings. The van der Waals surface area contributed by atoms with E-state index < -0.39 is 0 Å². The summed E-state index contributed by atoms with van der Waals surface area (Å²) in [6, 6.07) is 8.10. The van der Waals surface area contributed by atoms with Crippen LogP contribution in [0.2, 0.25) is 5.02 Å². The summed E-state index contributed by atoms with van der Waals surface area (Å²) in [5.41, 5.74) is 1.19. The Labute approximate surface area is 163 Å².